The van der Waals surface area contributed by atoms with E-state index in [1.807, 2.05) is 26.0 Å². The Morgan fingerprint density at radius 3 is 2.16 bits per heavy atom. The molecule has 0 bridgehead atoms. The summed E-state index contributed by atoms with van der Waals surface area (Å²) in [5.41, 5.74) is 3.03. The second kappa shape index (κ2) is 11.5. The zero-order valence-electron chi connectivity index (χ0n) is 21.3. The summed E-state index contributed by atoms with van der Waals surface area (Å²) >= 11 is 0. The number of anilines is 1. The van der Waals surface area contributed by atoms with Crippen molar-refractivity contribution >= 4 is 31.6 Å². The van der Waals surface area contributed by atoms with Gasteiger partial charge in [-0.25, -0.2) is 16.8 Å². The topological polar surface area (TPSA) is 122 Å². The first-order chi connectivity index (χ1) is 18.0. The van der Waals surface area contributed by atoms with E-state index in [4.69, 9.17) is 4.74 Å². The van der Waals surface area contributed by atoms with Gasteiger partial charge in [0, 0.05) is 19.6 Å². The van der Waals surface area contributed by atoms with Crippen LogP contribution in [0, 0.1) is 13.8 Å². The molecule has 9 nitrogen and oxygen atoms in total. The molecule has 1 aliphatic rings. The molecule has 0 unspecified atom stereocenters. The number of sulfonamides is 2. The number of aryl methyl sites for hydroxylation is 2. The van der Waals surface area contributed by atoms with Crippen LogP contribution in [0.25, 0.3) is 0 Å². The van der Waals surface area contributed by atoms with E-state index < -0.39 is 20.0 Å². The van der Waals surface area contributed by atoms with E-state index in [0.29, 0.717) is 24.5 Å². The second-order valence-corrected chi connectivity index (χ2v) is 12.8. The van der Waals surface area contributed by atoms with Gasteiger partial charge in [0.2, 0.25) is 10.0 Å². The van der Waals surface area contributed by atoms with Gasteiger partial charge >= 0.3 is 0 Å². The predicted molar refractivity (Wildman–Crippen MR) is 145 cm³/mol. The Bertz CT molecular complexity index is 1500. The fraction of sp³-hybridized carbons (Fsp3) is 0.296. The molecular formula is C27H31N3O6S2. The summed E-state index contributed by atoms with van der Waals surface area (Å²) in [5.74, 6) is -0.0191. The maximum absolute atomic E-state index is 12.8. The maximum atomic E-state index is 12.8. The Hall–Kier alpha value is -3.41. The fourth-order valence-electron chi connectivity index (χ4n) is 4.02. The number of benzene rings is 3. The maximum Gasteiger partial charge on any atom is 0.261 e. The van der Waals surface area contributed by atoms with E-state index in [0.717, 1.165) is 29.5 Å². The van der Waals surface area contributed by atoms with E-state index in [1.165, 1.54) is 28.6 Å². The number of carbonyl (C=O) groups is 1. The molecule has 38 heavy (non-hydrogen) atoms. The third-order valence-corrected chi connectivity index (χ3v) is 9.55. The third-order valence-electron chi connectivity index (χ3n) is 6.26. The van der Waals surface area contributed by atoms with Crippen molar-refractivity contribution in [2.75, 3.05) is 24.4 Å². The minimum Gasteiger partial charge on any atom is -0.484 e. The highest BCUT2D eigenvalue weighted by Gasteiger charge is 2.26. The van der Waals surface area contributed by atoms with E-state index >= 15 is 0 Å². The van der Waals surface area contributed by atoms with Gasteiger partial charge in [-0.1, -0.05) is 24.3 Å². The monoisotopic (exact) mass is 557 g/mol. The average molecular weight is 558 g/mol. The van der Waals surface area contributed by atoms with Gasteiger partial charge in [-0.15, -0.1) is 0 Å². The Kier molecular flexibility index (Phi) is 8.39. The first kappa shape index (κ1) is 27.6. The number of amides is 1. The molecule has 3 aromatic carbocycles. The Labute approximate surface area is 223 Å². The summed E-state index contributed by atoms with van der Waals surface area (Å²) in [6.07, 6.45) is 1.75. The van der Waals surface area contributed by atoms with Crippen molar-refractivity contribution in [3.8, 4) is 5.75 Å². The van der Waals surface area contributed by atoms with Crippen molar-refractivity contribution in [1.29, 1.82) is 0 Å². The molecule has 202 valence electrons. The zero-order chi connectivity index (χ0) is 27.3. The number of hydrogen-bond acceptors (Lipinski definition) is 6. The summed E-state index contributed by atoms with van der Waals surface area (Å²) in [5, 5.41) is 2.73. The van der Waals surface area contributed by atoms with Crippen molar-refractivity contribution in [3.05, 3.63) is 83.4 Å². The molecule has 0 aliphatic carbocycles. The Morgan fingerprint density at radius 1 is 0.868 bits per heavy atom. The average Bonchev–Trinajstić information content (AvgIpc) is 3.45. The predicted octanol–water partition coefficient (Wildman–Crippen LogP) is 3.58. The number of ether oxygens (including phenoxy) is 1. The molecule has 0 radical (unpaired) electrons. The molecule has 1 saturated heterocycles. The molecule has 2 N–H and O–H groups in total. The standard InChI is InChI=1S/C27H31N3O6S2/c1-20-5-6-21(2)26(17-20)29-37(32,33)24-13-9-23(10-14-24)36-19-27(31)28-18-22-7-11-25(12-8-22)38(34,35)30-15-3-4-16-30/h5-14,17,29H,3-4,15-16,18-19H2,1-2H3,(H,28,31). The van der Waals surface area contributed by atoms with E-state index in [2.05, 4.69) is 10.0 Å². The molecule has 1 aliphatic heterocycles. The normalized spacial score (nSPS) is 14.3. The lowest BCUT2D eigenvalue weighted by Crippen LogP contribution is -2.29. The lowest BCUT2D eigenvalue weighted by molar-refractivity contribution is -0.123. The number of carbonyl (C=O) groups excluding carboxylic acids is 1. The van der Waals surface area contributed by atoms with Gasteiger partial charge in [0.05, 0.1) is 15.5 Å². The van der Waals surface area contributed by atoms with Gasteiger partial charge in [-0.05, 0) is 85.8 Å². The minimum atomic E-state index is -3.78. The molecule has 1 heterocycles. The molecule has 0 atom stereocenters. The summed E-state index contributed by atoms with van der Waals surface area (Å²) in [4.78, 5) is 12.6. The summed E-state index contributed by atoms with van der Waals surface area (Å²) in [6, 6.07) is 17.8. The SMILES string of the molecule is Cc1ccc(C)c(NS(=O)(=O)c2ccc(OCC(=O)NCc3ccc(S(=O)(=O)N4CCCC4)cc3)cc2)c1. The van der Waals surface area contributed by atoms with Crippen molar-refractivity contribution < 1.29 is 26.4 Å². The molecular weight excluding hydrogens is 526 g/mol. The molecule has 4 rings (SSSR count). The van der Waals surface area contributed by atoms with Gasteiger partial charge in [0.1, 0.15) is 5.75 Å². The van der Waals surface area contributed by atoms with Crippen LogP contribution in [-0.2, 0) is 31.4 Å². The van der Waals surface area contributed by atoms with Gasteiger partial charge in [0.25, 0.3) is 15.9 Å². The Morgan fingerprint density at radius 2 is 1.50 bits per heavy atom. The first-order valence-electron chi connectivity index (χ1n) is 12.2. The molecule has 0 aromatic heterocycles. The van der Waals surface area contributed by atoms with Crippen LogP contribution in [0.2, 0.25) is 0 Å². The van der Waals surface area contributed by atoms with Crippen LogP contribution in [0.3, 0.4) is 0 Å². The summed E-state index contributed by atoms with van der Waals surface area (Å²) in [6.45, 7) is 4.76. The van der Waals surface area contributed by atoms with Crippen LogP contribution in [0.5, 0.6) is 5.75 Å². The van der Waals surface area contributed by atoms with E-state index in [1.54, 1.807) is 30.3 Å². The molecule has 1 amide bonds. The van der Waals surface area contributed by atoms with Crippen molar-refractivity contribution in [2.24, 2.45) is 0 Å². The number of hydrogen-bond donors (Lipinski definition) is 2. The number of nitrogens with one attached hydrogen (secondary N) is 2. The molecule has 11 heteroatoms. The third kappa shape index (κ3) is 6.72. The number of nitrogens with zero attached hydrogens (tertiary/aromatic N) is 1. The lowest BCUT2D eigenvalue weighted by Gasteiger charge is -2.15. The van der Waals surface area contributed by atoms with E-state index in [-0.39, 0.29) is 28.8 Å². The van der Waals surface area contributed by atoms with Crippen LogP contribution < -0.4 is 14.8 Å². The van der Waals surface area contributed by atoms with Gasteiger partial charge < -0.3 is 10.1 Å². The molecule has 0 spiro atoms. The minimum absolute atomic E-state index is 0.0744. The first-order valence-corrected chi connectivity index (χ1v) is 15.2. The largest absolute Gasteiger partial charge is 0.484 e. The second-order valence-electron chi connectivity index (χ2n) is 9.22. The van der Waals surface area contributed by atoms with Crippen LogP contribution >= 0.6 is 0 Å². The highest BCUT2D eigenvalue weighted by Crippen LogP contribution is 2.23. The number of rotatable bonds is 10. The van der Waals surface area contributed by atoms with Crippen molar-refractivity contribution in [3.63, 3.8) is 0 Å². The highest BCUT2D eigenvalue weighted by molar-refractivity contribution is 7.92. The van der Waals surface area contributed by atoms with Crippen LogP contribution in [-0.4, -0.2) is 46.7 Å². The van der Waals surface area contributed by atoms with Crippen molar-refractivity contribution in [1.82, 2.24) is 9.62 Å². The highest BCUT2D eigenvalue weighted by atomic mass is 32.2. The van der Waals surface area contributed by atoms with Crippen molar-refractivity contribution in [2.45, 2.75) is 43.0 Å². The van der Waals surface area contributed by atoms with E-state index in [9.17, 15) is 21.6 Å². The summed E-state index contributed by atoms with van der Waals surface area (Å²) < 4.78 is 60.3. The van der Waals surface area contributed by atoms with Gasteiger partial charge in [0.15, 0.2) is 6.61 Å². The Balaban J connectivity index is 1.27. The van der Waals surface area contributed by atoms with Crippen LogP contribution in [0.4, 0.5) is 5.69 Å². The van der Waals surface area contributed by atoms with Gasteiger partial charge in [-0.2, -0.15) is 4.31 Å². The quantitative estimate of drug-likeness (QED) is 0.393. The fourth-order valence-corrected chi connectivity index (χ4v) is 6.66. The molecule has 3 aromatic rings. The molecule has 1 fully saturated rings. The molecule has 0 saturated carbocycles. The zero-order valence-corrected chi connectivity index (χ0v) is 22.9. The van der Waals surface area contributed by atoms with Crippen LogP contribution in [0.15, 0.2) is 76.5 Å². The smallest absolute Gasteiger partial charge is 0.261 e. The summed E-state index contributed by atoms with van der Waals surface area (Å²) in [7, 11) is -7.26. The van der Waals surface area contributed by atoms with Crippen LogP contribution in [0.1, 0.15) is 29.5 Å². The lowest BCUT2D eigenvalue weighted by atomic mass is 10.1. The van der Waals surface area contributed by atoms with Gasteiger partial charge in [-0.3, -0.25) is 9.52 Å².